The minimum absolute atomic E-state index is 0.0726. The third-order valence-corrected chi connectivity index (χ3v) is 3.36. The lowest BCUT2D eigenvalue weighted by Gasteiger charge is -2.07. The molecule has 0 atom stereocenters. The highest BCUT2D eigenvalue weighted by Gasteiger charge is 2.12. The van der Waals surface area contributed by atoms with Crippen LogP contribution in [0.15, 0.2) is 34.9 Å². The zero-order valence-corrected chi connectivity index (χ0v) is 11.7. The number of aryl methyl sites for hydroxylation is 1. The molecule has 0 saturated heterocycles. The number of anilines is 2. The lowest BCUT2D eigenvalue weighted by molar-refractivity contribution is 0.102. The fourth-order valence-corrected chi connectivity index (χ4v) is 1.72. The maximum absolute atomic E-state index is 13.6. The third kappa shape index (κ3) is 3.08. The van der Waals surface area contributed by atoms with Crippen LogP contribution in [-0.2, 0) is 0 Å². The van der Waals surface area contributed by atoms with Crippen molar-refractivity contribution in [2.24, 2.45) is 0 Å². The molecule has 0 fully saturated rings. The molecule has 4 nitrogen and oxygen atoms in total. The molecule has 0 saturated carbocycles. The van der Waals surface area contributed by atoms with Crippen LogP contribution in [0.25, 0.3) is 0 Å². The van der Waals surface area contributed by atoms with Gasteiger partial charge < -0.3 is 11.1 Å². The molecule has 3 N–H and O–H groups in total. The van der Waals surface area contributed by atoms with Gasteiger partial charge >= 0.3 is 0 Å². The van der Waals surface area contributed by atoms with Crippen molar-refractivity contribution in [3.05, 3.63) is 51.9 Å². The number of nitrogen functional groups attached to an aromatic ring is 1. The Kier molecular flexibility index (Phi) is 3.80. The van der Waals surface area contributed by atoms with E-state index < -0.39 is 11.7 Å². The molecule has 0 aliphatic carbocycles. The number of carbonyl (C=O) groups is 1. The molecule has 6 heteroatoms. The first-order valence-electron chi connectivity index (χ1n) is 5.46. The Bertz CT molecular complexity index is 646. The fourth-order valence-electron chi connectivity index (χ4n) is 1.51. The minimum Gasteiger partial charge on any atom is -0.399 e. The molecule has 0 aliphatic heterocycles. The zero-order valence-electron chi connectivity index (χ0n) is 10.1. The molecule has 0 unspecified atom stereocenters. The molecule has 1 aromatic carbocycles. The smallest absolute Gasteiger partial charge is 0.259 e. The van der Waals surface area contributed by atoms with Gasteiger partial charge in [0.05, 0.1) is 5.56 Å². The van der Waals surface area contributed by atoms with Gasteiger partial charge in [0.2, 0.25) is 0 Å². The van der Waals surface area contributed by atoms with Crippen molar-refractivity contribution in [2.45, 2.75) is 6.92 Å². The summed E-state index contributed by atoms with van der Waals surface area (Å²) in [4.78, 5) is 15.9. The van der Waals surface area contributed by atoms with E-state index in [9.17, 15) is 9.18 Å². The van der Waals surface area contributed by atoms with Crippen LogP contribution in [0.4, 0.5) is 15.9 Å². The van der Waals surface area contributed by atoms with Crippen LogP contribution in [0.5, 0.6) is 0 Å². The summed E-state index contributed by atoms with van der Waals surface area (Å²) in [6.07, 6.45) is 1.57. The van der Waals surface area contributed by atoms with E-state index in [0.717, 1.165) is 16.1 Å². The van der Waals surface area contributed by atoms with E-state index in [2.05, 4.69) is 26.2 Å². The molecule has 0 aliphatic rings. The monoisotopic (exact) mass is 323 g/mol. The van der Waals surface area contributed by atoms with Gasteiger partial charge in [-0.25, -0.2) is 9.37 Å². The normalized spacial score (nSPS) is 10.3. The highest BCUT2D eigenvalue weighted by molar-refractivity contribution is 9.10. The average molecular weight is 324 g/mol. The first-order chi connectivity index (χ1) is 8.97. The van der Waals surface area contributed by atoms with E-state index in [1.807, 2.05) is 6.92 Å². The van der Waals surface area contributed by atoms with E-state index in [1.54, 1.807) is 12.3 Å². The number of benzene rings is 1. The van der Waals surface area contributed by atoms with Gasteiger partial charge in [-0.15, -0.1) is 0 Å². The van der Waals surface area contributed by atoms with Crippen molar-refractivity contribution >= 4 is 33.3 Å². The standard InChI is InChI=1S/C13H11BrFN3O/c1-7-4-12(17-6-10(7)14)18-13(19)9-3-2-8(16)5-11(9)15/h2-6H,16H2,1H3,(H,17,18,19). The molecule has 2 rings (SSSR count). The van der Waals surface area contributed by atoms with Gasteiger partial charge in [0.25, 0.3) is 5.91 Å². The summed E-state index contributed by atoms with van der Waals surface area (Å²) in [7, 11) is 0. The molecule has 1 amide bonds. The zero-order chi connectivity index (χ0) is 14.0. The number of pyridine rings is 1. The molecule has 0 spiro atoms. The number of amides is 1. The van der Waals surface area contributed by atoms with Gasteiger partial charge in [-0.2, -0.15) is 0 Å². The van der Waals surface area contributed by atoms with Gasteiger partial charge in [0, 0.05) is 16.4 Å². The second kappa shape index (κ2) is 5.36. The van der Waals surface area contributed by atoms with E-state index in [4.69, 9.17) is 5.73 Å². The average Bonchev–Trinajstić information content (AvgIpc) is 2.33. The number of halogens is 2. The Morgan fingerprint density at radius 2 is 2.16 bits per heavy atom. The quantitative estimate of drug-likeness (QED) is 0.834. The van der Waals surface area contributed by atoms with Gasteiger partial charge in [-0.3, -0.25) is 4.79 Å². The molecule has 98 valence electrons. The van der Waals surface area contributed by atoms with Crippen molar-refractivity contribution in [2.75, 3.05) is 11.1 Å². The van der Waals surface area contributed by atoms with Gasteiger partial charge in [0.1, 0.15) is 11.6 Å². The Morgan fingerprint density at radius 1 is 1.42 bits per heavy atom. The molecule has 19 heavy (non-hydrogen) atoms. The lowest BCUT2D eigenvalue weighted by atomic mass is 10.2. The highest BCUT2D eigenvalue weighted by atomic mass is 79.9. The SMILES string of the molecule is Cc1cc(NC(=O)c2ccc(N)cc2F)ncc1Br. The highest BCUT2D eigenvalue weighted by Crippen LogP contribution is 2.18. The number of rotatable bonds is 2. The molecule has 2 aromatic rings. The lowest BCUT2D eigenvalue weighted by Crippen LogP contribution is -2.15. The fraction of sp³-hybridized carbons (Fsp3) is 0.0769. The summed E-state index contributed by atoms with van der Waals surface area (Å²) in [5.74, 6) is -0.861. The number of nitrogens with one attached hydrogen (secondary N) is 1. The van der Waals surface area contributed by atoms with Crippen molar-refractivity contribution < 1.29 is 9.18 Å². The summed E-state index contributed by atoms with van der Waals surface area (Å²) < 4.78 is 14.4. The molecule has 1 heterocycles. The third-order valence-electron chi connectivity index (χ3n) is 2.53. The van der Waals surface area contributed by atoms with Crippen molar-refractivity contribution in [3.63, 3.8) is 0 Å². The number of nitrogens with zero attached hydrogens (tertiary/aromatic N) is 1. The summed E-state index contributed by atoms with van der Waals surface area (Å²) >= 11 is 3.31. The summed E-state index contributed by atoms with van der Waals surface area (Å²) in [6.45, 7) is 1.87. The van der Waals surface area contributed by atoms with Gasteiger partial charge in [-0.05, 0) is 52.7 Å². The Hall–Kier alpha value is -1.95. The summed E-state index contributed by atoms with van der Waals surface area (Å²) in [6, 6.07) is 5.61. The molecular weight excluding hydrogens is 313 g/mol. The second-order valence-corrected chi connectivity index (χ2v) is 4.87. The van der Waals surface area contributed by atoms with Gasteiger partial charge in [-0.1, -0.05) is 0 Å². The number of hydrogen-bond donors (Lipinski definition) is 2. The molecule has 0 bridgehead atoms. The van der Waals surface area contributed by atoms with Crippen LogP contribution < -0.4 is 11.1 Å². The Morgan fingerprint density at radius 3 is 2.79 bits per heavy atom. The minimum atomic E-state index is -0.661. The predicted octanol–water partition coefficient (Wildman–Crippen LogP) is 3.13. The van der Waals surface area contributed by atoms with Gasteiger partial charge in [0.15, 0.2) is 0 Å². The van der Waals surface area contributed by atoms with E-state index >= 15 is 0 Å². The molecular formula is C13H11BrFN3O. The maximum atomic E-state index is 13.6. The van der Waals surface area contributed by atoms with Crippen LogP contribution in [0, 0.1) is 12.7 Å². The van der Waals surface area contributed by atoms with Crippen molar-refractivity contribution in [3.8, 4) is 0 Å². The Balaban J connectivity index is 2.23. The summed E-state index contributed by atoms with van der Waals surface area (Å²) in [5, 5.41) is 2.53. The topological polar surface area (TPSA) is 68.0 Å². The first kappa shape index (κ1) is 13.5. The van der Waals surface area contributed by atoms with Crippen LogP contribution in [0.2, 0.25) is 0 Å². The predicted molar refractivity (Wildman–Crippen MR) is 75.4 cm³/mol. The van der Waals surface area contributed by atoms with Crippen molar-refractivity contribution in [1.29, 1.82) is 0 Å². The number of nitrogens with two attached hydrogens (primary N) is 1. The number of aromatic nitrogens is 1. The molecule has 0 radical (unpaired) electrons. The van der Waals surface area contributed by atoms with E-state index in [1.165, 1.54) is 12.1 Å². The van der Waals surface area contributed by atoms with E-state index in [0.29, 0.717) is 5.82 Å². The van der Waals surface area contributed by atoms with Crippen LogP contribution >= 0.6 is 15.9 Å². The second-order valence-electron chi connectivity index (χ2n) is 4.01. The van der Waals surface area contributed by atoms with Crippen LogP contribution in [-0.4, -0.2) is 10.9 Å². The first-order valence-corrected chi connectivity index (χ1v) is 6.25. The largest absolute Gasteiger partial charge is 0.399 e. The molecule has 1 aromatic heterocycles. The van der Waals surface area contributed by atoms with Crippen LogP contribution in [0.3, 0.4) is 0 Å². The van der Waals surface area contributed by atoms with E-state index in [-0.39, 0.29) is 11.3 Å². The Labute approximate surface area is 118 Å². The van der Waals surface area contributed by atoms with Crippen LogP contribution in [0.1, 0.15) is 15.9 Å². The van der Waals surface area contributed by atoms with Crippen molar-refractivity contribution in [1.82, 2.24) is 4.98 Å². The summed E-state index contributed by atoms with van der Waals surface area (Å²) in [5.41, 5.74) is 6.54. The number of carbonyl (C=O) groups excluding carboxylic acids is 1. The maximum Gasteiger partial charge on any atom is 0.259 e. The number of hydrogen-bond acceptors (Lipinski definition) is 3.